The molecule has 0 amide bonds. The summed E-state index contributed by atoms with van der Waals surface area (Å²) in [4.78, 5) is 2.14. The van der Waals surface area contributed by atoms with Crippen LogP contribution < -0.4 is 0 Å². The molecule has 1 aromatic carbocycles. The monoisotopic (exact) mass is 294 g/mol. The molecule has 1 heterocycles. The van der Waals surface area contributed by atoms with Gasteiger partial charge < -0.3 is 9.63 Å². The van der Waals surface area contributed by atoms with Crippen molar-refractivity contribution in [2.45, 2.75) is 19.9 Å². The fourth-order valence-corrected chi connectivity index (χ4v) is 2.22. The SMILES string of the molecule is CCCN(CCO)Cc1cc(-c2ccc(Cl)cc2)no1. The molecule has 0 saturated heterocycles. The zero-order chi connectivity index (χ0) is 14.4. The summed E-state index contributed by atoms with van der Waals surface area (Å²) in [5.74, 6) is 0.803. The van der Waals surface area contributed by atoms with Gasteiger partial charge in [0.2, 0.25) is 0 Å². The number of hydrogen-bond donors (Lipinski definition) is 1. The van der Waals surface area contributed by atoms with Crippen molar-refractivity contribution in [2.75, 3.05) is 19.7 Å². The van der Waals surface area contributed by atoms with E-state index in [0.717, 1.165) is 30.0 Å². The number of hydrogen-bond acceptors (Lipinski definition) is 4. The van der Waals surface area contributed by atoms with Gasteiger partial charge in [0.1, 0.15) is 5.69 Å². The normalized spacial score (nSPS) is 11.2. The molecule has 0 aliphatic heterocycles. The first-order valence-corrected chi connectivity index (χ1v) is 7.15. The second kappa shape index (κ2) is 7.43. The minimum atomic E-state index is 0.151. The zero-order valence-corrected chi connectivity index (χ0v) is 12.3. The lowest BCUT2D eigenvalue weighted by molar-refractivity contribution is 0.176. The Hall–Kier alpha value is -1.36. The fraction of sp³-hybridized carbons (Fsp3) is 0.400. The van der Waals surface area contributed by atoms with E-state index in [-0.39, 0.29) is 6.61 Å². The van der Waals surface area contributed by atoms with Gasteiger partial charge in [-0.05, 0) is 25.1 Å². The van der Waals surface area contributed by atoms with E-state index >= 15 is 0 Å². The molecule has 20 heavy (non-hydrogen) atoms. The highest BCUT2D eigenvalue weighted by atomic mass is 35.5. The molecule has 0 atom stereocenters. The van der Waals surface area contributed by atoms with Crippen LogP contribution >= 0.6 is 11.6 Å². The van der Waals surface area contributed by atoms with Crippen LogP contribution in [0.4, 0.5) is 0 Å². The number of nitrogens with zero attached hydrogens (tertiary/aromatic N) is 2. The highest BCUT2D eigenvalue weighted by Gasteiger charge is 2.10. The molecule has 4 nitrogen and oxygen atoms in total. The zero-order valence-electron chi connectivity index (χ0n) is 11.6. The van der Waals surface area contributed by atoms with Crippen LogP contribution in [0.25, 0.3) is 11.3 Å². The maximum atomic E-state index is 9.05. The summed E-state index contributed by atoms with van der Waals surface area (Å²) < 4.78 is 5.37. The van der Waals surface area contributed by atoms with E-state index in [1.807, 2.05) is 30.3 Å². The molecule has 5 heteroatoms. The molecule has 0 radical (unpaired) electrons. The van der Waals surface area contributed by atoms with Crippen LogP contribution in [0, 0.1) is 0 Å². The number of aromatic nitrogens is 1. The third kappa shape index (κ3) is 4.07. The Bertz CT molecular complexity index is 519. The smallest absolute Gasteiger partial charge is 0.151 e. The summed E-state index contributed by atoms with van der Waals surface area (Å²) >= 11 is 5.87. The lowest BCUT2D eigenvalue weighted by Crippen LogP contribution is -2.27. The van der Waals surface area contributed by atoms with E-state index in [4.69, 9.17) is 21.2 Å². The number of halogens is 1. The molecule has 0 aliphatic rings. The van der Waals surface area contributed by atoms with Crippen molar-refractivity contribution in [2.24, 2.45) is 0 Å². The van der Waals surface area contributed by atoms with Crippen molar-refractivity contribution in [3.63, 3.8) is 0 Å². The molecular formula is C15H19ClN2O2. The van der Waals surface area contributed by atoms with Crippen molar-refractivity contribution < 1.29 is 9.63 Å². The van der Waals surface area contributed by atoms with Gasteiger partial charge in [-0.2, -0.15) is 0 Å². The van der Waals surface area contributed by atoms with Gasteiger partial charge in [-0.15, -0.1) is 0 Å². The van der Waals surface area contributed by atoms with E-state index < -0.39 is 0 Å². The number of aliphatic hydroxyl groups is 1. The highest BCUT2D eigenvalue weighted by molar-refractivity contribution is 6.30. The van der Waals surface area contributed by atoms with Gasteiger partial charge in [0, 0.05) is 23.2 Å². The van der Waals surface area contributed by atoms with E-state index in [1.165, 1.54) is 0 Å². The molecule has 1 aromatic heterocycles. The van der Waals surface area contributed by atoms with Crippen LogP contribution in [0.1, 0.15) is 19.1 Å². The van der Waals surface area contributed by atoms with Crippen molar-refractivity contribution in [3.05, 3.63) is 41.1 Å². The van der Waals surface area contributed by atoms with Crippen LogP contribution in [-0.2, 0) is 6.54 Å². The maximum Gasteiger partial charge on any atom is 0.151 e. The quantitative estimate of drug-likeness (QED) is 0.852. The third-order valence-electron chi connectivity index (χ3n) is 3.03. The number of aliphatic hydroxyl groups excluding tert-OH is 1. The maximum absolute atomic E-state index is 9.05. The Labute approximate surface area is 124 Å². The molecule has 0 aliphatic carbocycles. The fourth-order valence-electron chi connectivity index (χ4n) is 2.09. The van der Waals surface area contributed by atoms with E-state index in [9.17, 15) is 0 Å². The summed E-state index contributed by atoms with van der Waals surface area (Å²) in [6.07, 6.45) is 1.04. The average molecular weight is 295 g/mol. The molecule has 2 rings (SSSR count). The summed E-state index contributed by atoms with van der Waals surface area (Å²) in [5, 5.41) is 13.8. The molecule has 108 valence electrons. The first kappa shape index (κ1) is 15.0. The molecule has 1 N–H and O–H groups in total. The van der Waals surface area contributed by atoms with Crippen LogP contribution in [-0.4, -0.2) is 34.9 Å². The minimum absolute atomic E-state index is 0.151. The second-order valence-corrected chi connectivity index (χ2v) is 5.12. The van der Waals surface area contributed by atoms with Crippen molar-refractivity contribution in [1.29, 1.82) is 0 Å². The lowest BCUT2D eigenvalue weighted by atomic mass is 10.1. The molecular weight excluding hydrogens is 276 g/mol. The Morgan fingerprint density at radius 3 is 2.65 bits per heavy atom. The van der Waals surface area contributed by atoms with E-state index in [0.29, 0.717) is 18.1 Å². The van der Waals surface area contributed by atoms with Crippen molar-refractivity contribution in [1.82, 2.24) is 10.1 Å². The van der Waals surface area contributed by atoms with Gasteiger partial charge in [-0.1, -0.05) is 35.8 Å². The Morgan fingerprint density at radius 1 is 1.25 bits per heavy atom. The first-order valence-electron chi connectivity index (χ1n) is 6.77. The summed E-state index contributed by atoms with van der Waals surface area (Å²) in [5.41, 5.74) is 1.78. The topological polar surface area (TPSA) is 49.5 Å². The van der Waals surface area contributed by atoms with Crippen LogP contribution in [0.15, 0.2) is 34.9 Å². The van der Waals surface area contributed by atoms with Crippen LogP contribution in [0.2, 0.25) is 5.02 Å². The van der Waals surface area contributed by atoms with Gasteiger partial charge in [0.15, 0.2) is 5.76 Å². The van der Waals surface area contributed by atoms with Gasteiger partial charge in [-0.25, -0.2) is 0 Å². The number of rotatable bonds is 7. The largest absolute Gasteiger partial charge is 0.395 e. The van der Waals surface area contributed by atoms with Crippen LogP contribution in [0.5, 0.6) is 0 Å². The molecule has 2 aromatic rings. The number of benzene rings is 1. The molecule has 0 spiro atoms. The minimum Gasteiger partial charge on any atom is -0.395 e. The standard InChI is InChI=1S/C15H19ClN2O2/c1-2-7-18(8-9-19)11-14-10-15(17-20-14)12-3-5-13(16)6-4-12/h3-6,10,19H,2,7-9,11H2,1H3. The van der Waals surface area contributed by atoms with E-state index in [2.05, 4.69) is 17.0 Å². The Kier molecular flexibility index (Phi) is 5.59. The Balaban J connectivity index is 2.06. The second-order valence-electron chi connectivity index (χ2n) is 4.69. The first-order chi connectivity index (χ1) is 9.72. The van der Waals surface area contributed by atoms with Crippen molar-refractivity contribution in [3.8, 4) is 11.3 Å². The predicted molar refractivity (Wildman–Crippen MR) is 79.6 cm³/mol. The summed E-state index contributed by atoms with van der Waals surface area (Å²) in [7, 11) is 0. The van der Waals surface area contributed by atoms with Gasteiger partial charge in [0.05, 0.1) is 13.2 Å². The molecule has 0 saturated carbocycles. The molecule has 0 fully saturated rings. The molecule has 0 unspecified atom stereocenters. The van der Waals surface area contributed by atoms with Gasteiger partial charge in [0.25, 0.3) is 0 Å². The van der Waals surface area contributed by atoms with Crippen molar-refractivity contribution >= 4 is 11.6 Å². The Morgan fingerprint density at radius 2 is 2.00 bits per heavy atom. The highest BCUT2D eigenvalue weighted by Crippen LogP contribution is 2.21. The van der Waals surface area contributed by atoms with Gasteiger partial charge >= 0.3 is 0 Å². The predicted octanol–water partition coefficient (Wildman–Crippen LogP) is 3.20. The average Bonchev–Trinajstić information content (AvgIpc) is 2.89. The van der Waals surface area contributed by atoms with Crippen LogP contribution in [0.3, 0.4) is 0 Å². The third-order valence-corrected chi connectivity index (χ3v) is 3.29. The van der Waals surface area contributed by atoms with E-state index in [1.54, 1.807) is 0 Å². The molecule has 0 bridgehead atoms. The lowest BCUT2D eigenvalue weighted by Gasteiger charge is -2.18. The van der Waals surface area contributed by atoms with Gasteiger partial charge in [-0.3, -0.25) is 4.90 Å². The summed E-state index contributed by atoms with van der Waals surface area (Å²) in [6.45, 7) is 4.50. The summed E-state index contributed by atoms with van der Waals surface area (Å²) in [6, 6.07) is 9.44.